The summed E-state index contributed by atoms with van der Waals surface area (Å²) in [5.74, 6) is 0.182. The minimum Gasteiger partial charge on any atom is -0.310 e. The van der Waals surface area contributed by atoms with Crippen molar-refractivity contribution < 1.29 is 4.79 Å². The molecule has 0 bridgehead atoms. The van der Waals surface area contributed by atoms with E-state index in [4.69, 9.17) is 5.26 Å². The highest BCUT2D eigenvalue weighted by Crippen LogP contribution is 2.11. The summed E-state index contributed by atoms with van der Waals surface area (Å²) in [6.07, 6.45) is 1.67. The van der Waals surface area contributed by atoms with Gasteiger partial charge in [-0.05, 0) is 22.4 Å². The van der Waals surface area contributed by atoms with Crippen molar-refractivity contribution in [1.82, 2.24) is 10.2 Å². The van der Waals surface area contributed by atoms with Crippen LogP contribution in [-0.2, 0) is 11.2 Å². The molecule has 5 nitrogen and oxygen atoms in total. The van der Waals surface area contributed by atoms with Crippen molar-refractivity contribution in [2.24, 2.45) is 0 Å². The smallest absolute Gasteiger partial charge is 0.229 e. The van der Waals surface area contributed by atoms with Crippen LogP contribution in [0.4, 0.5) is 5.82 Å². The van der Waals surface area contributed by atoms with Gasteiger partial charge < -0.3 is 5.32 Å². The molecule has 0 radical (unpaired) electrons. The van der Waals surface area contributed by atoms with E-state index < -0.39 is 0 Å². The van der Waals surface area contributed by atoms with Crippen LogP contribution in [0.25, 0.3) is 0 Å². The molecular formula is C10H8N4OS. The molecule has 2 heterocycles. The maximum absolute atomic E-state index is 11.6. The molecular weight excluding hydrogens is 224 g/mol. The lowest BCUT2D eigenvalue weighted by atomic mass is 10.2. The number of rotatable bonds is 3. The molecule has 0 aromatic carbocycles. The number of H-pyrrole nitrogens is 1. The third-order valence-electron chi connectivity index (χ3n) is 1.97. The lowest BCUT2D eigenvalue weighted by molar-refractivity contribution is -0.115. The second-order valence-corrected chi connectivity index (χ2v) is 3.91. The maximum Gasteiger partial charge on any atom is 0.229 e. The van der Waals surface area contributed by atoms with Gasteiger partial charge in [-0.1, -0.05) is 0 Å². The number of aromatic nitrogens is 2. The third kappa shape index (κ3) is 2.27. The van der Waals surface area contributed by atoms with E-state index in [0.29, 0.717) is 17.8 Å². The summed E-state index contributed by atoms with van der Waals surface area (Å²) < 4.78 is 0. The fraction of sp³-hybridized carbons (Fsp3) is 0.100. The van der Waals surface area contributed by atoms with Crippen molar-refractivity contribution in [3.63, 3.8) is 0 Å². The van der Waals surface area contributed by atoms with Crippen molar-refractivity contribution in [3.8, 4) is 6.07 Å². The largest absolute Gasteiger partial charge is 0.310 e. The molecule has 0 spiro atoms. The molecule has 16 heavy (non-hydrogen) atoms. The highest BCUT2D eigenvalue weighted by atomic mass is 32.1. The molecule has 1 amide bonds. The second kappa shape index (κ2) is 4.59. The lowest BCUT2D eigenvalue weighted by Gasteiger charge is -2.01. The number of carbonyl (C=O) groups is 1. The molecule has 0 saturated heterocycles. The zero-order valence-corrected chi connectivity index (χ0v) is 9.04. The van der Waals surface area contributed by atoms with Crippen LogP contribution in [0.1, 0.15) is 11.1 Å². The molecule has 80 valence electrons. The molecule has 0 saturated carbocycles. The topological polar surface area (TPSA) is 81.6 Å². The number of hydrogen-bond acceptors (Lipinski definition) is 4. The molecule has 6 heteroatoms. The van der Waals surface area contributed by atoms with Crippen molar-refractivity contribution in [2.75, 3.05) is 5.32 Å². The van der Waals surface area contributed by atoms with Gasteiger partial charge in [0.1, 0.15) is 17.5 Å². The maximum atomic E-state index is 11.6. The quantitative estimate of drug-likeness (QED) is 0.841. The first kappa shape index (κ1) is 10.4. The van der Waals surface area contributed by atoms with Crippen LogP contribution in [0.3, 0.4) is 0 Å². The van der Waals surface area contributed by atoms with Crippen LogP contribution in [0.2, 0.25) is 0 Å². The zero-order valence-electron chi connectivity index (χ0n) is 8.23. The van der Waals surface area contributed by atoms with Gasteiger partial charge in [0.2, 0.25) is 5.91 Å². The van der Waals surface area contributed by atoms with E-state index in [0.717, 1.165) is 5.56 Å². The molecule has 2 aromatic heterocycles. The normalized spacial score (nSPS) is 9.69. The minimum absolute atomic E-state index is 0.167. The van der Waals surface area contributed by atoms with Crippen molar-refractivity contribution in [2.45, 2.75) is 6.42 Å². The van der Waals surface area contributed by atoms with Gasteiger partial charge in [-0.3, -0.25) is 9.89 Å². The number of amides is 1. The van der Waals surface area contributed by atoms with E-state index in [9.17, 15) is 4.79 Å². The van der Waals surface area contributed by atoms with Crippen molar-refractivity contribution >= 4 is 23.1 Å². The Morgan fingerprint density at radius 1 is 1.69 bits per heavy atom. The third-order valence-corrected chi connectivity index (χ3v) is 2.70. The summed E-state index contributed by atoms with van der Waals surface area (Å²) in [7, 11) is 0. The first-order chi connectivity index (χ1) is 7.79. The van der Waals surface area contributed by atoms with Gasteiger partial charge in [-0.15, -0.1) is 0 Å². The Bertz CT molecular complexity index is 523. The van der Waals surface area contributed by atoms with Crippen LogP contribution in [0, 0.1) is 11.3 Å². The fourth-order valence-corrected chi connectivity index (χ4v) is 1.90. The Morgan fingerprint density at radius 3 is 3.25 bits per heavy atom. The highest BCUT2D eigenvalue weighted by Gasteiger charge is 2.09. The number of nitrogens with one attached hydrogen (secondary N) is 2. The molecule has 2 N–H and O–H groups in total. The minimum atomic E-state index is -0.167. The predicted molar refractivity (Wildman–Crippen MR) is 60.0 cm³/mol. The van der Waals surface area contributed by atoms with Gasteiger partial charge in [-0.2, -0.15) is 21.7 Å². The number of carbonyl (C=O) groups excluding carboxylic acids is 1. The highest BCUT2D eigenvalue weighted by molar-refractivity contribution is 7.08. The van der Waals surface area contributed by atoms with E-state index in [2.05, 4.69) is 15.5 Å². The van der Waals surface area contributed by atoms with E-state index in [1.54, 1.807) is 11.3 Å². The van der Waals surface area contributed by atoms with Gasteiger partial charge in [0, 0.05) is 0 Å². The van der Waals surface area contributed by atoms with Crippen molar-refractivity contribution in [1.29, 1.82) is 5.26 Å². The summed E-state index contributed by atoms with van der Waals surface area (Å²) >= 11 is 1.54. The SMILES string of the molecule is N#Cc1cn[nH]c1NC(=O)Cc1ccsc1. The van der Waals surface area contributed by atoms with Crippen LogP contribution in [0.15, 0.2) is 23.0 Å². The van der Waals surface area contributed by atoms with Gasteiger partial charge in [0.15, 0.2) is 0 Å². The Hall–Kier alpha value is -2.13. The standard InChI is InChI=1S/C10H8N4OS/c11-4-8-5-12-14-10(8)13-9(15)3-7-1-2-16-6-7/h1-2,5-6H,3H2,(H2,12,13,14,15). The lowest BCUT2D eigenvalue weighted by Crippen LogP contribution is -2.15. The van der Waals surface area contributed by atoms with Gasteiger partial charge in [0.05, 0.1) is 12.6 Å². The molecule has 2 aromatic rings. The van der Waals surface area contributed by atoms with Gasteiger partial charge in [-0.25, -0.2) is 0 Å². The Morgan fingerprint density at radius 2 is 2.56 bits per heavy atom. The van der Waals surface area contributed by atoms with Gasteiger partial charge in [0.25, 0.3) is 0 Å². The van der Waals surface area contributed by atoms with Crippen LogP contribution in [-0.4, -0.2) is 16.1 Å². The first-order valence-electron chi connectivity index (χ1n) is 4.54. The number of aromatic amines is 1. The molecule has 0 aliphatic heterocycles. The first-order valence-corrected chi connectivity index (χ1v) is 5.48. The summed E-state index contributed by atoms with van der Waals surface area (Å²) in [5.41, 5.74) is 1.29. The molecule has 0 unspecified atom stereocenters. The van der Waals surface area contributed by atoms with Crippen LogP contribution >= 0.6 is 11.3 Å². The van der Waals surface area contributed by atoms with E-state index in [1.807, 2.05) is 22.9 Å². The van der Waals surface area contributed by atoms with E-state index in [1.165, 1.54) is 6.20 Å². The number of anilines is 1. The van der Waals surface area contributed by atoms with E-state index in [-0.39, 0.29) is 5.91 Å². The summed E-state index contributed by atoms with van der Waals surface area (Å²) in [4.78, 5) is 11.6. The van der Waals surface area contributed by atoms with Crippen LogP contribution in [0.5, 0.6) is 0 Å². The Labute approximate surface area is 95.7 Å². The van der Waals surface area contributed by atoms with Crippen molar-refractivity contribution in [3.05, 3.63) is 34.2 Å². The summed E-state index contributed by atoms with van der Waals surface area (Å²) in [5, 5.41) is 21.4. The second-order valence-electron chi connectivity index (χ2n) is 3.13. The number of hydrogen-bond donors (Lipinski definition) is 2. The average Bonchev–Trinajstić information content (AvgIpc) is 2.88. The molecule has 0 atom stereocenters. The van der Waals surface area contributed by atoms with Gasteiger partial charge >= 0.3 is 0 Å². The molecule has 0 fully saturated rings. The monoisotopic (exact) mass is 232 g/mol. The molecule has 0 aliphatic rings. The molecule has 2 rings (SSSR count). The summed E-state index contributed by atoms with van der Waals surface area (Å²) in [6.45, 7) is 0. The van der Waals surface area contributed by atoms with Crippen LogP contribution < -0.4 is 5.32 Å². The Balaban J connectivity index is 2.01. The number of nitriles is 1. The number of nitrogens with zero attached hydrogens (tertiary/aromatic N) is 2. The predicted octanol–water partition coefficient (Wildman–Crippen LogP) is 1.52. The van der Waals surface area contributed by atoms with E-state index >= 15 is 0 Å². The zero-order chi connectivity index (χ0) is 11.4. The number of thiophene rings is 1. The average molecular weight is 232 g/mol. The fourth-order valence-electron chi connectivity index (χ4n) is 1.23. The summed E-state index contributed by atoms with van der Waals surface area (Å²) in [6, 6.07) is 3.82. The Kier molecular flexibility index (Phi) is 2.98. The molecule has 0 aliphatic carbocycles.